The number of rotatable bonds is 3. The third-order valence-electron chi connectivity index (χ3n) is 4.10. The first-order valence-corrected chi connectivity index (χ1v) is 7.68. The van der Waals surface area contributed by atoms with Crippen LogP contribution in [0.1, 0.15) is 33.3 Å². The Balaban J connectivity index is 2.34. The summed E-state index contributed by atoms with van der Waals surface area (Å²) in [6, 6.07) is 2.35. The lowest BCUT2D eigenvalue weighted by molar-refractivity contribution is 0.00578. The molecule has 120 valence electrons. The van der Waals surface area contributed by atoms with E-state index in [2.05, 4.69) is 15.9 Å². The standard InChI is InChI=1S/C15H18BBrF2O3/c1-14(2)15(3,4)22-16(21-14)10(8-20)5-9-6-11(18)13(17)12(19)7-9/h5-7,20H,8H2,1-4H3. The number of aliphatic hydroxyl groups is 1. The second-order valence-electron chi connectivity index (χ2n) is 6.26. The fraction of sp³-hybridized carbons (Fsp3) is 0.467. The molecule has 0 aromatic heterocycles. The van der Waals surface area contributed by atoms with Crippen molar-refractivity contribution in [2.45, 2.75) is 38.9 Å². The summed E-state index contributed by atoms with van der Waals surface area (Å²) in [6.07, 6.45) is 1.47. The van der Waals surface area contributed by atoms with Crippen LogP contribution in [0.5, 0.6) is 0 Å². The molecule has 2 rings (SSSR count). The van der Waals surface area contributed by atoms with Gasteiger partial charge in [0, 0.05) is 0 Å². The molecule has 0 bridgehead atoms. The van der Waals surface area contributed by atoms with Gasteiger partial charge in [0.25, 0.3) is 0 Å². The van der Waals surface area contributed by atoms with E-state index in [4.69, 9.17) is 9.31 Å². The fourth-order valence-electron chi connectivity index (χ4n) is 2.06. The van der Waals surface area contributed by atoms with Crippen molar-refractivity contribution in [3.63, 3.8) is 0 Å². The molecule has 1 aliphatic rings. The predicted molar refractivity (Wildman–Crippen MR) is 85.2 cm³/mol. The van der Waals surface area contributed by atoms with Crippen molar-refractivity contribution in [1.29, 1.82) is 0 Å². The van der Waals surface area contributed by atoms with Crippen LogP contribution in [-0.4, -0.2) is 30.0 Å². The van der Waals surface area contributed by atoms with Gasteiger partial charge in [-0.2, -0.15) is 0 Å². The molecule has 0 spiro atoms. The number of aliphatic hydroxyl groups excluding tert-OH is 1. The van der Waals surface area contributed by atoms with Gasteiger partial charge in [-0.15, -0.1) is 0 Å². The summed E-state index contributed by atoms with van der Waals surface area (Å²) in [5.41, 5.74) is -0.415. The molecule has 1 aliphatic heterocycles. The van der Waals surface area contributed by atoms with E-state index >= 15 is 0 Å². The summed E-state index contributed by atoms with van der Waals surface area (Å²) < 4.78 is 38.6. The van der Waals surface area contributed by atoms with Crippen molar-refractivity contribution in [3.05, 3.63) is 39.3 Å². The van der Waals surface area contributed by atoms with Crippen molar-refractivity contribution in [2.75, 3.05) is 6.61 Å². The molecule has 1 saturated heterocycles. The molecule has 1 aromatic carbocycles. The molecule has 7 heteroatoms. The summed E-state index contributed by atoms with van der Waals surface area (Å²) in [5.74, 6) is -1.42. The third kappa shape index (κ3) is 3.27. The molecule has 22 heavy (non-hydrogen) atoms. The van der Waals surface area contributed by atoms with Gasteiger partial charge in [-0.05, 0) is 66.8 Å². The Morgan fingerprint density at radius 2 is 1.64 bits per heavy atom. The van der Waals surface area contributed by atoms with Crippen molar-refractivity contribution in [1.82, 2.24) is 0 Å². The first-order chi connectivity index (χ1) is 10.1. The van der Waals surface area contributed by atoms with Gasteiger partial charge in [0.2, 0.25) is 0 Å². The minimum absolute atomic E-state index is 0.217. The summed E-state index contributed by atoms with van der Waals surface area (Å²) in [7, 11) is -0.759. The topological polar surface area (TPSA) is 38.7 Å². The van der Waals surface area contributed by atoms with Crippen LogP contribution in [-0.2, 0) is 9.31 Å². The molecule has 1 fully saturated rings. The lowest BCUT2D eigenvalue weighted by Gasteiger charge is -2.32. The molecule has 0 amide bonds. The van der Waals surface area contributed by atoms with Crippen LogP contribution in [0.15, 0.2) is 22.1 Å². The van der Waals surface area contributed by atoms with Crippen LogP contribution in [0, 0.1) is 11.6 Å². The molecule has 3 nitrogen and oxygen atoms in total. The SMILES string of the molecule is CC1(C)OB(C(=Cc2cc(F)c(Br)c(F)c2)CO)OC1(C)C. The Morgan fingerprint density at radius 3 is 2.05 bits per heavy atom. The van der Waals surface area contributed by atoms with E-state index in [0.29, 0.717) is 5.47 Å². The van der Waals surface area contributed by atoms with Crippen LogP contribution >= 0.6 is 15.9 Å². The van der Waals surface area contributed by atoms with Gasteiger partial charge in [-0.25, -0.2) is 8.78 Å². The molecule has 1 heterocycles. The van der Waals surface area contributed by atoms with Crippen LogP contribution in [0.3, 0.4) is 0 Å². The Labute approximate surface area is 137 Å². The summed E-state index contributed by atoms with van der Waals surface area (Å²) in [6.45, 7) is 7.22. The monoisotopic (exact) mass is 374 g/mol. The maximum atomic E-state index is 13.6. The Bertz CT molecular complexity index is 578. The highest BCUT2D eigenvalue weighted by Crippen LogP contribution is 2.38. The van der Waals surface area contributed by atoms with E-state index < -0.39 is 30.0 Å². The van der Waals surface area contributed by atoms with Crippen LogP contribution < -0.4 is 0 Å². The van der Waals surface area contributed by atoms with E-state index in [0.717, 1.165) is 0 Å². The highest BCUT2D eigenvalue weighted by Gasteiger charge is 2.52. The molecule has 0 radical (unpaired) electrons. The maximum Gasteiger partial charge on any atom is 0.492 e. The van der Waals surface area contributed by atoms with Crippen LogP contribution in [0.25, 0.3) is 6.08 Å². The second kappa shape index (κ2) is 6.04. The molecule has 0 saturated carbocycles. The van der Waals surface area contributed by atoms with Gasteiger partial charge >= 0.3 is 7.12 Å². The molecule has 1 aromatic rings. The van der Waals surface area contributed by atoms with E-state index in [1.807, 2.05) is 27.7 Å². The van der Waals surface area contributed by atoms with E-state index in [9.17, 15) is 13.9 Å². The number of hydrogen-bond donors (Lipinski definition) is 1. The Kier molecular flexibility index (Phi) is 4.83. The third-order valence-corrected chi connectivity index (χ3v) is 4.85. The van der Waals surface area contributed by atoms with Crippen molar-refractivity contribution < 1.29 is 23.2 Å². The minimum Gasteiger partial charge on any atom is -0.400 e. The smallest absolute Gasteiger partial charge is 0.400 e. The normalized spacial score (nSPS) is 20.5. The highest BCUT2D eigenvalue weighted by atomic mass is 79.9. The van der Waals surface area contributed by atoms with Gasteiger partial charge in [0.15, 0.2) is 0 Å². The van der Waals surface area contributed by atoms with Gasteiger partial charge in [0.1, 0.15) is 11.6 Å². The number of benzene rings is 1. The largest absolute Gasteiger partial charge is 0.492 e. The van der Waals surface area contributed by atoms with Gasteiger partial charge < -0.3 is 14.4 Å². The average molecular weight is 375 g/mol. The highest BCUT2D eigenvalue weighted by molar-refractivity contribution is 9.10. The molecule has 0 unspecified atom stereocenters. The molecule has 0 aliphatic carbocycles. The number of hydrogen-bond acceptors (Lipinski definition) is 3. The van der Waals surface area contributed by atoms with Crippen molar-refractivity contribution in [3.8, 4) is 0 Å². The van der Waals surface area contributed by atoms with Crippen molar-refractivity contribution in [2.24, 2.45) is 0 Å². The summed E-state index contributed by atoms with van der Waals surface area (Å²) in [4.78, 5) is 0. The molecular formula is C15H18BBrF2O3. The Hall–Kier alpha value is -0.755. The van der Waals surface area contributed by atoms with Gasteiger partial charge in [-0.3, -0.25) is 0 Å². The summed E-state index contributed by atoms with van der Waals surface area (Å²) in [5, 5.41) is 9.56. The lowest BCUT2D eigenvalue weighted by Crippen LogP contribution is -2.41. The molecule has 1 N–H and O–H groups in total. The van der Waals surface area contributed by atoms with E-state index in [-0.39, 0.29) is 16.6 Å². The maximum absolute atomic E-state index is 13.6. The molecular weight excluding hydrogens is 357 g/mol. The van der Waals surface area contributed by atoms with Gasteiger partial charge in [-0.1, -0.05) is 6.08 Å². The Morgan fingerprint density at radius 1 is 1.18 bits per heavy atom. The zero-order valence-corrected chi connectivity index (χ0v) is 14.5. The minimum atomic E-state index is -0.759. The predicted octanol–water partition coefficient (Wildman–Crippen LogP) is 3.73. The first-order valence-electron chi connectivity index (χ1n) is 6.89. The fourth-order valence-corrected chi connectivity index (χ4v) is 2.28. The van der Waals surface area contributed by atoms with E-state index in [1.54, 1.807) is 0 Å². The zero-order valence-electron chi connectivity index (χ0n) is 12.9. The summed E-state index contributed by atoms with van der Waals surface area (Å²) >= 11 is 2.82. The zero-order chi connectivity index (χ0) is 16.7. The lowest BCUT2D eigenvalue weighted by atomic mass is 9.77. The number of halogens is 3. The van der Waals surface area contributed by atoms with E-state index in [1.165, 1.54) is 18.2 Å². The van der Waals surface area contributed by atoms with Crippen LogP contribution in [0.4, 0.5) is 8.78 Å². The average Bonchev–Trinajstić information content (AvgIpc) is 2.61. The quantitative estimate of drug-likeness (QED) is 0.647. The van der Waals surface area contributed by atoms with Gasteiger partial charge in [0.05, 0.1) is 22.3 Å². The molecule has 0 atom stereocenters. The first kappa shape index (κ1) is 17.6. The second-order valence-corrected chi connectivity index (χ2v) is 7.06. The van der Waals surface area contributed by atoms with Crippen LogP contribution in [0.2, 0.25) is 0 Å². The van der Waals surface area contributed by atoms with Crippen molar-refractivity contribution >= 4 is 29.1 Å².